The zero-order valence-electron chi connectivity index (χ0n) is 12.9. The monoisotopic (exact) mass is 377 g/mol. The maximum Gasteiger partial charge on any atom is 0.142 e. The molecule has 3 N–H and O–H groups in total. The first-order valence-electron chi connectivity index (χ1n) is 7.41. The Bertz CT molecular complexity index is 890. The van der Waals surface area contributed by atoms with Gasteiger partial charge in [0.25, 0.3) is 0 Å². The summed E-state index contributed by atoms with van der Waals surface area (Å²) >= 11 is 11.9. The Labute approximate surface area is 154 Å². The van der Waals surface area contributed by atoms with Gasteiger partial charge in [0, 0.05) is 23.5 Å². The minimum atomic E-state index is -1.03. The zero-order valence-corrected chi connectivity index (χ0v) is 14.4. The van der Waals surface area contributed by atoms with Crippen LogP contribution in [0.3, 0.4) is 0 Å². The highest BCUT2D eigenvalue weighted by Gasteiger charge is 2.21. The molecule has 0 aliphatic heterocycles. The van der Waals surface area contributed by atoms with E-state index >= 15 is 0 Å². The van der Waals surface area contributed by atoms with Crippen molar-refractivity contribution in [3.05, 3.63) is 82.1 Å². The predicted molar refractivity (Wildman–Crippen MR) is 95.8 cm³/mol. The standard InChI is InChI=1S/C18H14Cl2FN3O/c19-14-3-1-10(6-15(14)20)17(22)18(25)16-4-2-11(8-24-16)12-5-13(21)9-23-7-12/h1-9,17-18,25H,22H2. The zero-order chi connectivity index (χ0) is 18.0. The number of aromatic nitrogens is 2. The summed E-state index contributed by atoms with van der Waals surface area (Å²) in [6, 6.07) is 8.95. The van der Waals surface area contributed by atoms with E-state index in [0.717, 1.165) is 6.20 Å². The van der Waals surface area contributed by atoms with Gasteiger partial charge in [-0.1, -0.05) is 35.3 Å². The Morgan fingerprint density at radius 1 is 0.960 bits per heavy atom. The molecule has 7 heteroatoms. The van der Waals surface area contributed by atoms with Crippen LogP contribution in [0.25, 0.3) is 11.1 Å². The van der Waals surface area contributed by atoms with Gasteiger partial charge in [0.1, 0.15) is 11.9 Å². The average Bonchev–Trinajstić information content (AvgIpc) is 2.63. The summed E-state index contributed by atoms with van der Waals surface area (Å²) in [7, 11) is 0. The van der Waals surface area contributed by atoms with E-state index in [-0.39, 0.29) is 0 Å². The second kappa shape index (κ2) is 7.45. The molecule has 0 saturated heterocycles. The Kier molecular flexibility index (Phi) is 5.30. The smallest absolute Gasteiger partial charge is 0.142 e. The maximum absolute atomic E-state index is 13.3. The van der Waals surface area contributed by atoms with Crippen LogP contribution in [0, 0.1) is 5.82 Å². The van der Waals surface area contributed by atoms with Crippen LogP contribution in [0.1, 0.15) is 23.4 Å². The summed E-state index contributed by atoms with van der Waals surface area (Å²) in [5, 5.41) is 11.3. The number of hydrogen-bond acceptors (Lipinski definition) is 4. The predicted octanol–water partition coefficient (Wildman–Crippen LogP) is 4.32. The summed E-state index contributed by atoms with van der Waals surface area (Å²) in [4.78, 5) is 8.04. The van der Waals surface area contributed by atoms with E-state index in [1.807, 2.05) is 0 Å². The van der Waals surface area contributed by atoms with E-state index in [2.05, 4.69) is 9.97 Å². The summed E-state index contributed by atoms with van der Waals surface area (Å²) in [5.74, 6) is -0.428. The molecule has 2 aromatic heterocycles. The highest BCUT2D eigenvalue weighted by Crippen LogP contribution is 2.31. The molecule has 0 spiro atoms. The van der Waals surface area contributed by atoms with Crippen molar-refractivity contribution in [3.63, 3.8) is 0 Å². The van der Waals surface area contributed by atoms with Crippen molar-refractivity contribution < 1.29 is 9.50 Å². The molecule has 25 heavy (non-hydrogen) atoms. The number of hydrogen-bond donors (Lipinski definition) is 2. The SMILES string of the molecule is NC(c1ccc(Cl)c(Cl)c1)C(O)c1ccc(-c2cncc(F)c2)cn1. The Balaban J connectivity index is 1.82. The third-order valence-corrected chi connectivity index (χ3v) is 4.54. The first-order valence-corrected chi connectivity index (χ1v) is 8.17. The van der Waals surface area contributed by atoms with Gasteiger partial charge in [-0.2, -0.15) is 0 Å². The van der Waals surface area contributed by atoms with Gasteiger partial charge >= 0.3 is 0 Å². The fourth-order valence-corrected chi connectivity index (χ4v) is 2.71. The molecule has 4 nitrogen and oxygen atoms in total. The lowest BCUT2D eigenvalue weighted by Crippen LogP contribution is -2.20. The summed E-state index contributed by atoms with van der Waals surface area (Å²) in [6.07, 6.45) is 3.18. The lowest BCUT2D eigenvalue weighted by atomic mass is 9.99. The van der Waals surface area contributed by atoms with E-state index in [1.54, 1.807) is 30.3 Å². The van der Waals surface area contributed by atoms with Gasteiger partial charge in [-0.25, -0.2) is 4.39 Å². The van der Waals surface area contributed by atoms with Crippen LogP contribution in [0.2, 0.25) is 10.0 Å². The first kappa shape index (κ1) is 17.8. The molecule has 0 aliphatic rings. The Morgan fingerprint density at radius 2 is 1.76 bits per heavy atom. The topological polar surface area (TPSA) is 72.0 Å². The van der Waals surface area contributed by atoms with Gasteiger partial charge in [-0.05, 0) is 29.8 Å². The van der Waals surface area contributed by atoms with Gasteiger partial charge in [0.05, 0.1) is 28.0 Å². The summed E-state index contributed by atoms with van der Waals surface area (Å²) < 4.78 is 13.3. The summed E-state index contributed by atoms with van der Waals surface area (Å²) in [5.41, 5.74) is 8.43. The fraction of sp³-hybridized carbons (Fsp3) is 0.111. The van der Waals surface area contributed by atoms with Crippen molar-refractivity contribution in [2.24, 2.45) is 5.73 Å². The molecule has 0 amide bonds. The van der Waals surface area contributed by atoms with Gasteiger partial charge in [0.15, 0.2) is 0 Å². The molecule has 1 aromatic carbocycles. The molecule has 0 fully saturated rings. The van der Waals surface area contributed by atoms with Crippen molar-refractivity contribution in [1.29, 1.82) is 0 Å². The average molecular weight is 378 g/mol. The lowest BCUT2D eigenvalue weighted by Gasteiger charge is -2.19. The van der Waals surface area contributed by atoms with Crippen LogP contribution in [0.4, 0.5) is 4.39 Å². The van der Waals surface area contributed by atoms with Crippen molar-refractivity contribution in [3.8, 4) is 11.1 Å². The first-order chi connectivity index (χ1) is 12.0. The highest BCUT2D eigenvalue weighted by atomic mass is 35.5. The minimum absolute atomic E-state index is 0.365. The van der Waals surface area contributed by atoms with E-state index in [4.69, 9.17) is 28.9 Å². The van der Waals surface area contributed by atoms with E-state index in [0.29, 0.717) is 32.4 Å². The third kappa shape index (κ3) is 3.96. The molecule has 2 atom stereocenters. The molecular formula is C18H14Cl2FN3O. The minimum Gasteiger partial charge on any atom is -0.385 e. The van der Waals surface area contributed by atoms with Crippen molar-refractivity contribution in [2.45, 2.75) is 12.1 Å². The summed E-state index contributed by atoms with van der Waals surface area (Å²) in [6.45, 7) is 0. The number of pyridine rings is 2. The quantitative estimate of drug-likeness (QED) is 0.709. The third-order valence-electron chi connectivity index (χ3n) is 3.80. The molecule has 2 heterocycles. The van der Waals surface area contributed by atoms with E-state index < -0.39 is 18.0 Å². The molecule has 128 valence electrons. The molecular weight excluding hydrogens is 364 g/mol. The van der Waals surface area contributed by atoms with Crippen LogP contribution in [-0.4, -0.2) is 15.1 Å². The molecule has 0 bridgehead atoms. The molecule has 2 unspecified atom stereocenters. The van der Waals surface area contributed by atoms with Crippen molar-refractivity contribution in [2.75, 3.05) is 0 Å². The van der Waals surface area contributed by atoms with E-state index in [1.165, 1.54) is 18.5 Å². The van der Waals surface area contributed by atoms with Crippen LogP contribution in [0.5, 0.6) is 0 Å². The van der Waals surface area contributed by atoms with Crippen LogP contribution in [-0.2, 0) is 0 Å². The number of rotatable bonds is 4. The van der Waals surface area contributed by atoms with Gasteiger partial charge < -0.3 is 10.8 Å². The second-order valence-electron chi connectivity index (χ2n) is 5.51. The largest absolute Gasteiger partial charge is 0.385 e. The number of halogens is 3. The number of nitrogens with zero attached hydrogens (tertiary/aromatic N) is 2. The number of benzene rings is 1. The Hall–Kier alpha value is -2.05. The van der Waals surface area contributed by atoms with E-state index in [9.17, 15) is 9.50 Å². The van der Waals surface area contributed by atoms with Crippen molar-refractivity contribution >= 4 is 23.2 Å². The molecule has 0 aliphatic carbocycles. The van der Waals surface area contributed by atoms with Gasteiger partial charge in [0.2, 0.25) is 0 Å². The second-order valence-corrected chi connectivity index (χ2v) is 6.32. The highest BCUT2D eigenvalue weighted by molar-refractivity contribution is 6.42. The van der Waals surface area contributed by atoms with Crippen LogP contribution >= 0.6 is 23.2 Å². The fourth-order valence-electron chi connectivity index (χ4n) is 2.41. The Morgan fingerprint density at radius 3 is 2.40 bits per heavy atom. The van der Waals surface area contributed by atoms with Gasteiger partial charge in [-0.15, -0.1) is 0 Å². The molecule has 0 saturated carbocycles. The number of aliphatic hydroxyl groups excluding tert-OH is 1. The number of aliphatic hydroxyl groups is 1. The molecule has 3 rings (SSSR count). The van der Waals surface area contributed by atoms with Crippen LogP contribution in [0.15, 0.2) is 55.0 Å². The normalized spacial score (nSPS) is 13.5. The van der Waals surface area contributed by atoms with Crippen molar-refractivity contribution in [1.82, 2.24) is 9.97 Å². The number of nitrogens with two attached hydrogens (primary N) is 1. The van der Waals surface area contributed by atoms with Crippen LogP contribution < -0.4 is 5.73 Å². The molecule has 0 radical (unpaired) electrons. The molecule has 3 aromatic rings. The maximum atomic E-state index is 13.3. The van der Waals surface area contributed by atoms with Gasteiger partial charge in [-0.3, -0.25) is 9.97 Å². The lowest BCUT2D eigenvalue weighted by molar-refractivity contribution is 0.142.